The number of hydrogen-bond donors (Lipinski definition) is 1. The van der Waals surface area contributed by atoms with Gasteiger partial charge in [-0.05, 0) is 54.8 Å². The number of nitrogen functional groups attached to an aromatic ring is 1. The molecule has 1 aliphatic rings. The summed E-state index contributed by atoms with van der Waals surface area (Å²) in [6.07, 6.45) is 3.95. The lowest BCUT2D eigenvalue weighted by Gasteiger charge is -2.33. The molecule has 4 rings (SSSR count). The van der Waals surface area contributed by atoms with Crippen LogP contribution in [0, 0.1) is 5.82 Å². The molecule has 0 radical (unpaired) electrons. The van der Waals surface area contributed by atoms with Crippen LogP contribution in [0.4, 0.5) is 10.3 Å². The van der Waals surface area contributed by atoms with Gasteiger partial charge in [0.25, 0.3) is 0 Å². The number of nitrogens with two attached hydrogens (primary N) is 1. The minimum atomic E-state index is -0.203. The van der Waals surface area contributed by atoms with Crippen LogP contribution in [0.5, 0.6) is 5.75 Å². The van der Waals surface area contributed by atoms with Crippen LogP contribution < -0.4 is 10.5 Å². The van der Waals surface area contributed by atoms with E-state index in [0.29, 0.717) is 5.95 Å². The molecule has 1 aliphatic heterocycles. The van der Waals surface area contributed by atoms with Gasteiger partial charge >= 0.3 is 0 Å². The van der Waals surface area contributed by atoms with Crippen LogP contribution in [0.1, 0.15) is 30.0 Å². The maximum Gasteiger partial charge on any atom is 0.220 e. The Morgan fingerprint density at radius 1 is 1.14 bits per heavy atom. The SMILES string of the molecule is COc1ccc(-c2cnc(N)nc2C2CCCN(Cc3ccc(F)cc3)C2)cc1. The number of rotatable bonds is 5. The highest BCUT2D eigenvalue weighted by molar-refractivity contribution is 5.67. The lowest BCUT2D eigenvalue weighted by Crippen LogP contribution is -2.34. The Hall–Kier alpha value is -2.99. The normalized spacial score (nSPS) is 17.2. The number of aromatic nitrogens is 2. The number of halogens is 1. The molecule has 1 atom stereocenters. The molecule has 1 saturated heterocycles. The van der Waals surface area contributed by atoms with E-state index >= 15 is 0 Å². The Morgan fingerprint density at radius 2 is 1.90 bits per heavy atom. The Morgan fingerprint density at radius 3 is 2.62 bits per heavy atom. The van der Waals surface area contributed by atoms with Gasteiger partial charge in [-0.15, -0.1) is 0 Å². The van der Waals surface area contributed by atoms with Gasteiger partial charge in [-0.3, -0.25) is 4.90 Å². The molecule has 1 fully saturated rings. The molecule has 3 aromatic rings. The third kappa shape index (κ3) is 4.54. The average Bonchev–Trinajstić information content (AvgIpc) is 2.76. The lowest BCUT2D eigenvalue weighted by molar-refractivity contribution is 0.198. The number of anilines is 1. The number of likely N-dealkylation sites (tertiary alicyclic amines) is 1. The second-order valence-corrected chi connectivity index (χ2v) is 7.46. The van der Waals surface area contributed by atoms with Gasteiger partial charge in [0.2, 0.25) is 5.95 Å². The summed E-state index contributed by atoms with van der Waals surface area (Å²) in [6, 6.07) is 14.7. The quantitative estimate of drug-likeness (QED) is 0.703. The summed E-state index contributed by atoms with van der Waals surface area (Å²) in [5.74, 6) is 1.18. The van der Waals surface area contributed by atoms with Crippen molar-refractivity contribution < 1.29 is 9.13 Å². The summed E-state index contributed by atoms with van der Waals surface area (Å²) in [5.41, 5.74) is 10.1. The molecule has 2 heterocycles. The van der Waals surface area contributed by atoms with Gasteiger partial charge in [0.1, 0.15) is 11.6 Å². The van der Waals surface area contributed by atoms with Gasteiger partial charge in [-0.25, -0.2) is 14.4 Å². The van der Waals surface area contributed by atoms with Gasteiger partial charge in [0.05, 0.1) is 12.8 Å². The van der Waals surface area contributed by atoms with E-state index in [1.54, 1.807) is 7.11 Å². The van der Waals surface area contributed by atoms with E-state index < -0.39 is 0 Å². The summed E-state index contributed by atoms with van der Waals surface area (Å²) in [6.45, 7) is 2.71. The second kappa shape index (κ2) is 8.57. The zero-order chi connectivity index (χ0) is 20.2. The Balaban J connectivity index is 1.58. The molecule has 0 saturated carbocycles. The maximum absolute atomic E-state index is 13.2. The van der Waals surface area contributed by atoms with Gasteiger partial charge in [-0.1, -0.05) is 24.3 Å². The van der Waals surface area contributed by atoms with Crippen molar-refractivity contribution >= 4 is 5.95 Å². The number of ether oxygens (including phenoxy) is 1. The number of methoxy groups -OCH3 is 1. The number of piperidine rings is 1. The summed E-state index contributed by atoms with van der Waals surface area (Å²) < 4.78 is 18.5. The van der Waals surface area contributed by atoms with E-state index in [-0.39, 0.29) is 11.7 Å². The Labute approximate surface area is 170 Å². The molecular weight excluding hydrogens is 367 g/mol. The summed E-state index contributed by atoms with van der Waals surface area (Å²) in [7, 11) is 1.66. The van der Waals surface area contributed by atoms with E-state index in [4.69, 9.17) is 10.5 Å². The average molecular weight is 392 g/mol. The maximum atomic E-state index is 13.2. The third-order valence-corrected chi connectivity index (χ3v) is 5.45. The van der Waals surface area contributed by atoms with E-state index in [1.165, 1.54) is 12.1 Å². The van der Waals surface area contributed by atoms with Crippen molar-refractivity contribution in [1.29, 1.82) is 0 Å². The minimum Gasteiger partial charge on any atom is -0.497 e. The zero-order valence-corrected chi connectivity index (χ0v) is 16.5. The third-order valence-electron chi connectivity index (χ3n) is 5.45. The molecule has 2 aromatic carbocycles. The molecular formula is C23H25FN4O. The van der Waals surface area contributed by atoms with Gasteiger partial charge in [-0.2, -0.15) is 0 Å². The molecule has 150 valence electrons. The predicted molar refractivity (Wildman–Crippen MR) is 112 cm³/mol. The van der Waals surface area contributed by atoms with Crippen molar-refractivity contribution in [2.75, 3.05) is 25.9 Å². The van der Waals surface area contributed by atoms with Crippen LogP contribution in [0.3, 0.4) is 0 Å². The van der Waals surface area contributed by atoms with Crippen molar-refractivity contribution in [3.05, 3.63) is 71.8 Å². The molecule has 0 spiro atoms. The first-order valence-corrected chi connectivity index (χ1v) is 9.86. The molecule has 0 bridgehead atoms. The predicted octanol–water partition coefficient (Wildman–Crippen LogP) is 4.25. The zero-order valence-electron chi connectivity index (χ0n) is 16.5. The number of nitrogens with zero attached hydrogens (tertiary/aromatic N) is 3. The fourth-order valence-electron chi connectivity index (χ4n) is 3.98. The highest BCUT2D eigenvalue weighted by atomic mass is 19.1. The van der Waals surface area contributed by atoms with E-state index in [0.717, 1.165) is 60.6 Å². The molecule has 0 amide bonds. The molecule has 5 nitrogen and oxygen atoms in total. The fourth-order valence-corrected chi connectivity index (χ4v) is 3.98. The van der Waals surface area contributed by atoms with Crippen LogP contribution in [0.25, 0.3) is 11.1 Å². The largest absolute Gasteiger partial charge is 0.497 e. The van der Waals surface area contributed by atoms with Crippen LogP contribution >= 0.6 is 0 Å². The van der Waals surface area contributed by atoms with Crippen LogP contribution in [-0.2, 0) is 6.54 Å². The number of benzene rings is 2. The first-order chi connectivity index (χ1) is 14.1. The first-order valence-electron chi connectivity index (χ1n) is 9.86. The van der Waals surface area contributed by atoms with Crippen molar-refractivity contribution in [2.24, 2.45) is 0 Å². The smallest absolute Gasteiger partial charge is 0.220 e. The number of hydrogen-bond acceptors (Lipinski definition) is 5. The van der Waals surface area contributed by atoms with E-state index in [1.807, 2.05) is 42.6 Å². The van der Waals surface area contributed by atoms with E-state index in [2.05, 4.69) is 14.9 Å². The second-order valence-electron chi connectivity index (χ2n) is 7.46. The van der Waals surface area contributed by atoms with Crippen LogP contribution in [-0.4, -0.2) is 35.1 Å². The minimum absolute atomic E-state index is 0.203. The van der Waals surface area contributed by atoms with Crippen LogP contribution in [0.15, 0.2) is 54.7 Å². The summed E-state index contributed by atoms with van der Waals surface area (Å²) >= 11 is 0. The summed E-state index contributed by atoms with van der Waals surface area (Å²) in [4.78, 5) is 11.3. The summed E-state index contributed by atoms with van der Waals surface area (Å²) in [5, 5.41) is 0. The van der Waals surface area contributed by atoms with Crippen molar-refractivity contribution in [3.63, 3.8) is 0 Å². The van der Waals surface area contributed by atoms with Gasteiger partial charge < -0.3 is 10.5 Å². The standard InChI is InChI=1S/C23H25FN4O/c1-29-20-10-6-17(7-11-20)21-13-26-23(25)27-22(21)18-3-2-12-28(15-18)14-16-4-8-19(24)9-5-16/h4-11,13,18H,2-3,12,14-15H2,1H3,(H2,25,26,27). The molecule has 29 heavy (non-hydrogen) atoms. The highest BCUT2D eigenvalue weighted by Crippen LogP contribution is 2.34. The van der Waals surface area contributed by atoms with Gasteiger partial charge in [0.15, 0.2) is 0 Å². The molecule has 1 unspecified atom stereocenters. The van der Waals surface area contributed by atoms with Crippen LogP contribution in [0.2, 0.25) is 0 Å². The highest BCUT2D eigenvalue weighted by Gasteiger charge is 2.25. The Bertz CT molecular complexity index is 960. The topological polar surface area (TPSA) is 64.3 Å². The molecule has 0 aliphatic carbocycles. The van der Waals surface area contributed by atoms with E-state index in [9.17, 15) is 4.39 Å². The Kier molecular flexibility index (Phi) is 5.71. The lowest BCUT2D eigenvalue weighted by atomic mass is 9.89. The van der Waals surface area contributed by atoms with Gasteiger partial charge in [0, 0.05) is 30.8 Å². The fraction of sp³-hybridized carbons (Fsp3) is 0.304. The molecule has 1 aromatic heterocycles. The van der Waals surface area contributed by atoms with Crippen molar-refractivity contribution in [3.8, 4) is 16.9 Å². The van der Waals surface area contributed by atoms with Crippen molar-refractivity contribution in [2.45, 2.75) is 25.3 Å². The monoisotopic (exact) mass is 392 g/mol. The molecule has 2 N–H and O–H groups in total. The molecule has 6 heteroatoms. The first kappa shape index (κ1) is 19.3. The van der Waals surface area contributed by atoms with Crippen molar-refractivity contribution in [1.82, 2.24) is 14.9 Å².